The van der Waals surface area contributed by atoms with Gasteiger partial charge >= 0.3 is 5.97 Å². The molecule has 2 rings (SSSR count). The minimum absolute atomic E-state index is 0.0567. The van der Waals surface area contributed by atoms with E-state index >= 15 is 0 Å². The maximum atomic E-state index is 11.6. The molecule has 0 spiro atoms. The molecule has 18 heavy (non-hydrogen) atoms. The van der Waals surface area contributed by atoms with Gasteiger partial charge in [-0.25, -0.2) is 9.78 Å². The predicted molar refractivity (Wildman–Crippen MR) is 65.8 cm³/mol. The minimum Gasteiger partial charge on any atom is -0.494 e. The normalized spacial score (nSPS) is 10.8. The zero-order chi connectivity index (χ0) is 13.1. The second-order valence-corrected chi connectivity index (χ2v) is 3.83. The molecule has 0 unspecified atom stereocenters. The number of nitrogens with one attached hydrogen (secondary N) is 1. The van der Waals surface area contributed by atoms with Crippen molar-refractivity contribution in [3.8, 4) is 5.88 Å². The number of imidazole rings is 1. The first-order valence-electron chi connectivity index (χ1n) is 5.61. The number of carbonyl (C=O) groups is 1. The van der Waals surface area contributed by atoms with E-state index < -0.39 is 5.97 Å². The van der Waals surface area contributed by atoms with Crippen LogP contribution in [0.25, 0.3) is 5.52 Å². The molecule has 0 amide bonds. The molecule has 0 atom stereocenters. The maximum Gasteiger partial charge on any atom is 0.358 e. The van der Waals surface area contributed by atoms with E-state index in [0.29, 0.717) is 24.3 Å². The lowest BCUT2D eigenvalue weighted by molar-refractivity contribution is 0.0597. The van der Waals surface area contributed by atoms with Crippen molar-refractivity contribution in [1.82, 2.24) is 14.7 Å². The monoisotopic (exact) mass is 249 g/mol. The van der Waals surface area contributed by atoms with Crippen molar-refractivity contribution in [3.05, 3.63) is 29.7 Å². The van der Waals surface area contributed by atoms with Crippen LogP contribution in [-0.2, 0) is 11.2 Å². The summed E-state index contributed by atoms with van der Waals surface area (Å²) in [6.07, 6.45) is 0.603. The minimum atomic E-state index is -0.506. The highest BCUT2D eigenvalue weighted by Gasteiger charge is 2.19. The average Bonchev–Trinajstić information content (AvgIpc) is 2.75. The van der Waals surface area contributed by atoms with E-state index in [0.717, 1.165) is 0 Å². The molecule has 0 aromatic carbocycles. The number of rotatable bonds is 4. The molecule has 2 aromatic heterocycles. The first kappa shape index (κ1) is 12.4. The van der Waals surface area contributed by atoms with Gasteiger partial charge in [-0.2, -0.15) is 0 Å². The van der Waals surface area contributed by atoms with Crippen LogP contribution in [0.2, 0.25) is 0 Å². The van der Waals surface area contributed by atoms with Gasteiger partial charge < -0.3 is 15.2 Å². The summed E-state index contributed by atoms with van der Waals surface area (Å²) in [5.41, 5.74) is 0.771. The third-order valence-electron chi connectivity index (χ3n) is 2.69. The lowest BCUT2D eigenvalue weighted by Gasteiger charge is -2.02. The number of aromatic nitrogens is 2. The third-order valence-corrected chi connectivity index (χ3v) is 2.69. The van der Waals surface area contributed by atoms with Crippen LogP contribution >= 0.6 is 0 Å². The SMILES string of the molecule is CNCCc1nc(C(=O)OC)c2cccc(O)n12. The highest BCUT2D eigenvalue weighted by atomic mass is 16.5. The van der Waals surface area contributed by atoms with E-state index in [-0.39, 0.29) is 11.6 Å². The van der Waals surface area contributed by atoms with Crippen LogP contribution in [0.3, 0.4) is 0 Å². The smallest absolute Gasteiger partial charge is 0.358 e. The third kappa shape index (κ3) is 2.02. The molecule has 0 fully saturated rings. The Labute approximate surface area is 104 Å². The summed E-state index contributed by atoms with van der Waals surface area (Å²) < 4.78 is 6.25. The van der Waals surface area contributed by atoms with Gasteiger partial charge in [0.1, 0.15) is 5.82 Å². The number of methoxy groups -OCH3 is 1. The van der Waals surface area contributed by atoms with Crippen LogP contribution in [0.4, 0.5) is 0 Å². The van der Waals surface area contributed by atoms with Crippen LogP contribution in [0.1, 0.15) is 16.3 Å². The molecule has 6 nitrogen and oxygen atoms in total. The van der Waals surface area contributed by atoms with Crippen LogP contribution < -0.4 is 5.32 Å². The fourth-order valence-electron chi connectivity index (χ4n) is 1.84. The summed E-state index contributed by atoms with van der Waals surface area (Å²) in [5, 5.41) is 12.9. The first-order valence-corrected chi connectivity index (χ1v) is 5.61. The molecule has 0 bridgehead atoms. The summed E-state index contributed by atoms with van der Waals surface area (Å²) in [5.74, 6) is 0.174. The standard InChI is InChI=1S/C12H15N3O3/c1-13-7-6-9-14-11(12(17)18-2)8-4-3-5-10(16)15(8)9/h3-5,13,16H,6-7H2,1-2H3. The number of ether oxygens (including phenoxy) is 1. The Morgan fingerprint density at radius 3 is 3.00 bits per heavy atom. The average molecular weight is 249 g/mol. The Morgan fingerprint density at radius 2 is 2.33 bits per heavy atom. The molecule has 0 aliphatic carbocycles. The molecule has 0 aliphatic heterocycles. The number of hydrogen-bond acceptors (Lipinski definition) is 5. The number of nitrogens with zero attached hydrogens (tertiary/aromatic N) is 2. The van der Waals surface area contributed by atoms with Crippen LogP contribution in [0, 0.1) is 0 Å². The van der Waals surface area contributed by atoms with E-state index in [2.05, 4.69) is 10.3 Å². The Bertz CT molecular complexity index is 577. The van der Waals surface area contributed by atoms with Crippen molar-refractivity contribution in [2.45, 2.75) is 6.42 Å². The van der Waals surface area contributed by atoms with Gasteiger partial charge in [0.15, 0.2) is 11.6 Å². The quantitative estimate of drug-likeness (QED) is 0.775. The van der Waals surface area contributed by atoms with E-state index in [4.69, 9.17) is 4.74 Å². The molecule has 0 saturated carbocycles. The van der Waals surface area contributed by atoms with Crippen molar-refractivity contribution >= 4 is 11.5 Å². The first-order chi connectivity index (χ1) is 8.69. The largest absolute Gasteiger partial charge is 0.494 e. The molecular weight excluding hydrogens is 234 g/mol. The second kappa shape index (κ2) is 5.05. The molecule has 2 N–H and O–H groups in total. The molecule has 2 aromatic rings. The lowest BCUT2D eigenvalue weighted by Crippen LogP contribution is -2.12. The van der Waals surface area contributed by atoms with E-state index in [1.807, 2.05) is 7.05 Å². The number of likely N-dealkylation sites (N-methyl/N-ethyl adjacent to an activating group) is 1. The number of esters is 1. The van der Waals surface area contributed by atoms with Gasteiger partial charge in [-0.1, -0.05) is 6.07 Å². The predicted octanol–water partition coefficient (Wildman–Crippen LogP) is 0.588. The van der Waals surface area contributed by atoms with Gasteiger partial charge in [0.25, 0.3) is 0 Å². The molecular formula is C12H15N3O3. The number of hydrogen-bond donors (Lipinski definition) is 2. The van der Waals surface area contributed by atoms with Crippen molar-refractivity contribution in [2.24, 2.45) is 0 Å². The van der Waals surface area contributed by atoms with Gasteiger partial charge in [0, 0.05) is 13.0 Å². The molecule has 0 radical (unpaired) electrons. The zero-order valence-electron chi connectivity index (χ0n) is 10.3. The lowest BCUT2D eigenvalue weighted by atomic mass is 10.3. The molecule has 2 heterocycles. The van der Waals surface area contributed by atoms with Crippen LogP contribution in [-0.4, -0.2) is 41.2 Å². The summed E-state index contributed by atoms with van der Waals surface area (Å²) in [6, 6.07) is 4.95. The van der Waals surface area contributed by atoms with Crippen LogP contribution in [0.15, 0.2) is 18.2 Å². The van der Waals surface area contributed by atoms with Gasteiger partial charge in [0.05, 0.1) is 12.6 Å². The van der Waals surface area contributed by atoms with Gasteiger partial charge in [-0.15, -0.1) is 0 Å². The maximum absolute atomic E-state index is 11.6. The van der Waals surface area contributed by atoms with Gasteiger partial charge in [0.2, 0.25) is 0 Å². The molecule has 0 aliphatic rings. The van der Waals surface area contributed by atoms with E-state index in [1.165, 1.54) is 7.11 Å². The summed E-state index contributed by atoms with van der Waals surface area (Å²) in [6.45, 7) is 0.702. The zero-order valence-corrected chi connectivity index (χ0v) is 10.3. The summed E-state index contributed by atoms with van der Waals surface area (Å²) in [4.78, 5) is 15.9. The summed E-state index contributed by atoms with van der Waals surface area (Å²) >= 11 is 0. The van der Waals surface area contributed by atoms with Crippen molar-refractivity contribution in [1.29, 1.82) is 0 Å². The van der Waals surface area contributed by atoms with Crippen molar-refractivity contribution in [2.75, 3.05) is 20.7 Å². The van der Waals surface area contributed by atoms with E-state index in [1.54, 1.807) is 22.6 Å². The molecule has 6 heteroatoms. The number of pyridine rings is 1. The van der Waals surface area contributed by atoms with Crippen molar-refractivity contribution in [3.63, 3.8) is 0 Å². The summed E-state index contributed by atoms with van der Waals surface area (Å²) in [7, 11) is 3.14. The van der Waals surface area contributed by atoms with E-state index in [9.17, 15) is 9.90 Å². The Morgan fingerprint density at radius 1 is 1.56 bits per heavy atom. The topological polar surface area (TPSA) is 75.9 Å². The number of fused-ring (bicyclic) bond motifs is 1. The fourth-order valence-corrected chi connectivity index (χ4v) is 1.84. The Hall–Kier alpha value is -2.08. The van der Waals surface area contributed by atoms with Crippen LogP contribution in [0.5, 0.6) is 5.88 Å². The number of aromatic hydroxyl groups is 1. The van der Waals surface area contributed by atoms with Gasteiger partial charge in [-0.05, 0) is 19.2 Å². The number of carbonyl (C=O) groups excluding carboxylic acids is 1. The Balaban J connectivity index is 2.60. The highest BCUT2D eigenvalue weighted by Crippen LogP contribution is 2.20. The fraction of sp³-hybridized carbons (Fsp3) is 0.333. The Kier molecular flexibility index (Phi) is 3.47. The van der Waals surface area contributed by atoms with Crippen molar-refractivity contribution < 1.29 is 14.6 Å². The second-order valence-electron chi connectivity index (χ2n) is 3.83. The van der Waals surface area contributed by atoms with Gasteiger partial charge in [-0.3, -0.25) is 4.40 Å². The molecule has 96 valence electrons. The highest BCUT2D eigenvalue weighted by molar-refractivity contribution is 5.95. The molecule has 0 saturated heterocycles.